The van der Waals surface area contributed by atoms with Crippen LogP contribution in [0.2, 0.25) is 27.8 Å². The fourth-order valence-corrected chi connectivity index (χ4v) is 20.0. The largest absolute Gasteiger partial charge is 0.416 e. The lowest BCUT2D eigenvalue weighted by atomic mass is 10.4. The maximum Gasteiger partial charge on any atom is 0.197 e. The quantitative estimate of drug-likeness (QED) is 0.224. The summed E-state index contributed by atoms with van der Waals surface area (Å²) in [5.74, 6) is 0. The zero-order chi connectivity index (χ0) is 19.7. The molecule has 0 aliphatic heterocycles. The Morgan fingerprint density at radius 1 is 0.560 bits per heavy atom. The molecule has 0 fully saturated rings. The Kier molecular flexibility index (Phi) is 12.1. The summed E-state index contributed by atoms with van der Waals surface area (Å²) < 4.78 is 13.7. The molecular formula is C21H48O2Si2. The fourth-order valence-electron chi connectivity index (χ4n) is 4.16. The molecule has 0 aromatic heterocycles. The number of unbranched alkanes of at least 4 members (excludes halogenated alkanes) is 2. The average Bonchev–Trinajstić information content (AvgIpc) is 2.51. The van der Waals surface area contributed by atoms with Crippen molar-refractivity contribution in [1.29, 1.82) is 0 Å². The maximum absolute atomic E-state index is 6.85. The molecular weight excluding hydrogens is 340 g/mol. The van der Waals surface area contributed by atoms with Gasteiger partial charge in [-0.25, -0.2) is 0 Å². The Morgan fingerprint density at radius 3 is 1.04 bits per heavy atom. The molecule has 0 aromatic rings. The molecule has 0 unspecified atom stereocenters. The molecule has 0 heterocycles. The number of hydrogen-bond donors (Lipinski definition) is 0. The van der Waals surface area contributed by atoms with E-state index in [0.29, 0.717) is 22.2 Å². The number of hydrogen-bond acceptors (Lipinski definition) is 2. The van der Waals surface area contributed by atoms with E-state index < -0.39 is 16.6 Å². The van der Waals surface area contributed by atoms with Gasteiger partial charge in [0.2, 0.25) is 0 Å². The van der Waals surface area contributed by atoms with Crippen LogP contribution in [0.15, 0.2) is 0 Å². The van der Waals surface area contributed by atoms with Crippen LogP contribution in [-0.4, -0.2) is 29.8 Å². The summed E-state index contributed by atoms with van der Waals surface area (Å²) in [6.07, 6.45) is 4.79. The molecule has 0 N–H and O–H groups in total. The minimum Gasteiger partial charge on any atom is -0.416 e. The van der Waals surface area contributed by atoms with Crippen molar-refractivity contribution < 1.29 is 8.85 Å². The van der Waals surface area contributed by atoms with Crippen LogP contribution in [-0.2, 0) is 8.85 Å². The summed E-state index contributed by atoms with van der Waals surface area (Å²) >= 11 is 0. The zero-order valence-electron chi connectivity index (χ0n) is 19.1. The van der Waals surface area contributed by atoms with Gasteiger partial charge in [0.15, 0.2) is 16.6 Å². The van der Waals surface area contributed by atoms with E-state index >= 15 is 0 Å². The second-order valence-corrected chi connectivity index (χ2v) is 19.5. The molecule has 0 spiro atoms. The molecule has 4 heteroatoms. The molecule has 152 valence electrons. The summed E-state index contributed by atoms with van der Waals surface area (Å²) in [4.78, 5) is 0. The van der Waals surface area contributed by atoms with Gasteiger partial charge in [0.25, 0.3) is 0 Å². The Hall–Kier alpha value is 0.354. The monoisotopic (exact) mass is 388 g/mol. The van der Waals surface area contributed by atoms with Gasteiger partial charge in [-0.1, -0.05) is 82.1 Å². The van der Waals surface area contributed by atoms with Crippen LogP contribution in [0, 0.1) is 0 Å². The van der Waals surface area contributed by atoms with Crippen molar-refractivity contribution in [3.63, 3.8) is 0 Å². The highest BCUT2D eigenvalue weighted by atomic mass is 28.4. The maximum atomic E-state index is 6.85. The Balaban J connectivity index is 5.76. The van der Waals surface area contributed by atoms with Crippen molar-refractivity contribution in [3.05, 3.63) is 0 Å². The SMILES string of the molecule is CCCCO[Si](C[Si](OCCCC)(C(C)C)C(C)C)(C(C)C)C(C)C. The Labute approximate surface area is 161 Å². The van der Waals surface area contributed by atoms with Crippen LogP contribution in [0.3, 0.4) is 0 Å². The summed E-state index contributed by atoms with van der Waals surface area (Å²) in [5.41, 5.74) is 3.83. The predicted octanol–water partition coefficient (Wildman–Crippen LogP) is 7.69. The molecule has 0 radical (unpaired) electrons. The van der Waals surface area contributed by atoms with E-state index in [-0.39, 0.29) is 0 Å². The highest BCUT2D eigenvalue weighted by molar-refractivity contribution is 6.94. The highest BCUT2D eigenvalue weighted by Gasteiger charge is 2.53. The third kappa shape index (κ3) is 6.78. The third-order valence-corrected chi connectivity index (χ3v) is 19.9. The van der Waals surface area contributed by atoms with Gasteiger partial charge in [-0.2, -0.15) is 0 Å². The van der Waals surface area contributed by atoms with E-state index in [1.165, 1.54) is 31.4 Å². The van der Waals surface area contributed by atoms with Crippen LogP contribution in [0.1, 0.15) is 94.9 Å². The molecule has 0 saturated heterocycles. The molecule has 0 atom stereocenters. The lowest BCUT2D eigenvalue weighted by molar-refractivity contribution is 0.262. The van der Waals surface area contributed by atoms with Gasteiger partial charge >= 0.3 is 0 Å². The van der Waals surface area contributed by atoms with Crippen molar-refractivity contribution >= 4 is 16.6 Å². The predicted molar refractivity (Wildman–Crippen MR) is 118 cm³/mol. The van der Waals surface area contributed by atoms with E-state index in [1.807, 2.05) is 0 Å². The summed E-state index contributed by atoms with van der Waals surface area (Å²) in [6, 6.07) is 0. The van der Waals surface area contributed by atoms with Crippen molar-refractivity contribution in [2.75, 3.05) is 13.2 Å². The van der Waals surface area contributed by atoms with E-state index in [0.717, 1.165) is 13.2 Å². The first-order chi connectivity index (χ1) is 11.6. The zero-order valence-corrected chi connectivity index (χ0v) is 21.1. The van der Waals surface area contributed by atoms with E-state index in [2.05, 4.69) is 69.2 Å². The van der Waals surface area contributed by atoms with Crippen molar-refractivity contribution in [2.24, 2.45) is 0 Å². The molecule has 0 aliphatic rings. The van der Waals surface area contributed by atoms with Crippen LogP contribution in [0.5, 0.6) is 0 Å². The molecule has 0 amide bonds. The van der Waals surface area contributed by atoms with Crippen molar-refractivity contribution in [3.8, 4) is 0 Å². The normalized spacial score (nSPS) is 13.7. The number of rotatable bonds is 14. The van der Waals surface area contributed by atoms with E-state index in [4.69, 9.17) is 8.85 Å². The van der Waals surface area contributed by atoms with Gasteiger partial charge in [0, 0.05) is 13.2 Å². The molecule has 25 heavy (non-hydrogen) atoms. The first-order valence-electron chi connectivity index (χ1n) is 10.9. The van der Waals surface area contributed by atoms with E-state index in [1.54, 1.807) is 0 Å². The second-order valence-electron chi connectivity index (χ2n) is 9.11. The summed E-state index contributed by atoms with van der Waals surface area (Å²) in [7, 11) is -3.74. The smallest absolute Gasteiger partial charge is 0.197 e. The van der Waals surface area contributed by atoms with Gasteiger partial charge in [0.1, 0.15) is 0 Å². The van der Waals surface area contributed by atoms with Crippen LogP contribution >= 0.6 is 0 Å². The first kappa shape index (κ1) is 25.4. The lowest BCUT2D eigenvalue weighted by Gasteiger charge is -2.48. The van der Waals surface area contributed by atoms with Crippen LogP contribution in [0.4, 0.5) is 0 Å². The molecule has 0 bridgehead atoms. The first-order valence-corrected chi connectivity index (χ1v) is 15.4. The third-order valence-electron chi connectivity index (χ3n) is 6.20. The minimum absolute atomic E-state index is 0.642. The van der Waals surface area contributed by atoms with E-state index in [9.17, 15) is 0 Å². The lowest BCUT2D eigenvalue weighted by Crippen LogP contribution is -2.57. The average molecular weight is 389 g/mol. The standard InChI is InChI=1S/C21H48O2Si2/c1-11-13-15-22-24(18(3)4,19(5)6)17-25(20(7)8,21(9)10)23-16-14-12-2/h18-21H,11-17H2,1-10H3. The molecule has 0 aliphatic carbocycles. The van der Waals surface area contributed by atoms with Gasteiger partial charge in [-0.15, -0.1) is 0 Å². The topological polar surface area (TPSA) is 18.5 Å². The minimum atomic E-state index is -1.87. The van der Waals surface area contributed by atoms with Crippen LogP contribution in [0.25, 0.3) is 0 Å². The summed E-state index contributed by atoms with van der Waals surface area (Å²) in [5, 5.41) is 0. The molecule has 0 rings (SSSR count). The molecule has 0 saturated carbocycles. The summed E-state index contributed by atoms with van der Waals surface area (Å²) in [6.45, 7) is 25.6. The van der Waals surface area contributed by atoms with Gasteiger partial charge in [-0.05, 0) is 40.7 Å². The Bertz CT molecular complexity index is 293. The molecule has 0 aromatic carbocycles. The molecule has 2 nitrogen and oxygen atoms in total. The fraction of sp³-hybridized carbons (Fsp3) is 1.00. The van der Waals surface area contributed by atoms with Crippen molar-refractivity contribution in [1.82, 2.24) is 0 Å². The van der Waals surface area contributed by atoms with Gasteiger partial charge in [0.05, 0.1) is 0 Å². The van der Waals surface area contributed by atoms with Gasteiger partial charge in [-0.3, -0.25) is 0 Å². The van der Waals surface area contributed by atoms with Crippen molar-refractivity contribution in [2.45, 2.75) is 123 Å². The highest BCUT2D eigenvalue weighted by Crippen LogP contribution is 2.47. The Morgan fingerprint density at radius 2 is 0.840 bits per heavy atom. The van der Waals surface area contributed by atoms with Gasteiger partial charge < -0.3 is 8.85 Å². The van der Waals surface area contributed by atoms with Crippen LogP contribution < -0.4 is 0 Å². The second kappa shape index (κ2) is 11.9.